The van der Waals surface area contributed by atoms with Crippen LogP contribution in [0.1, 0.15) is 33.4 Å². The number of aryl methyl sites for hydroxylation is 3. The summed E-state index contributed by atoms with van der Waals surface area (Å²) in [4.78, 5) is 0. The van der Waals surface area contributed by atoms with Crippen LogP contribution in [-0.4, -0.2) is 0 Å². The Balaban J connectivity index is 0.000000154. The highest BCUT2D eigenvalue weighted by molar-refractivity contribution is 6.36. The summed E-state index contributed by atoms with van der Waals surface area (Å²) in [5.74, 6) is -3.04. The van der Waals surface area contributed by atoms with Gasteiger partial charge in [0.1, 0.15) is 34.9 Å². The molecule has 0 fully saturated rings. The second kappa shape index (κ2) is 13.5. The molecule has 0 N–H and O–H groups in total. The largest absolute Gasteiger partial charge is 0.207 e. The van der Waals surface area contributed by atoms with Gasteiger partial charge in [-0.3, -0.25) is 0 Å². The van der Waals surface area contributed by atoms with Crippen molar-refractivity contribution in [2.45, 2.75) is 41.5 Å². The predicted molar refractivity (Wildman–Crippen MR) is 175 cm³/mol. The Morgan fingerprint density at radius 3 is 1.36 bits per heavy atom. The molecule has 0 aliphatic rings. The van der Waals surface area contributed by atoms with Gasteiger partial charge in [-0.15, -0.1) is 0 Å². The van der Waals surface area contributed by atoms with Gasteiger partial charge in [0.05, 0.1) is 15.4 Å². The minimum atomic E-state index is -0.574. The lowest BCUT2D eigenvalue weighted by Gasteiger charge is -2.07. The molecule has 0 saturated heterocycles. The van der Waals surface area contributed by atoms with Crippen LogP contribution in [0.25, 0.3) is 32.3 Å². The second-order valence-electron chi connectivity index (χ2n) is 10.9. The smallest absolute Gasteiger partial charge is 0.138 e. The Labute approximate surface area is 272 Å². The van der Waals surface area contributed by atoms with Gasteiger partial charge in [0.2, 0.25) is 0 Å². The number of benzene rings is 6. The quantitative estimate of drug-likeness (QED) is 0.140. The van der Waals surface area contributed by atoms with Gasteiger partial charge in [-0.2, -0.15) is 0 Å². The van der Waals surface area contributed by atoms with Crippen molar-refractivity contribution in [3.63, 3.8) is 0 Å². The van der Waals surface area contributed by atoms with Crippen molar-refractivity contribution in [1.29, 1.82) is 0 Å². The zero-order valence-corrected chi connectivity index (χ0v) is 27.4. The fourth-order valence-electron chi connectivity index (χ4n) is 4.95. The molecule has 0 radical (unpaired) electrons. The standard InChI is InChI=1S/3C12H9ClF2/c1-6-3-8-5-9(14)7(2)12(13)11(8)10(15)4-6;1-6-3-8-5-9(13)7(2)12(15)11(8)10(14)4-6;1-6-3-8-5-10(14)7(2)12(15)11(8)9(13)4-6/h3*3-5H,1-2H3. The maximum Gasteiger partial charge on any atom is 0.138 e. The van der Waals surface area contributed by atoms with E-state index in [1.807, 2.05) is 6.92 Å². The van der Waals surface area contributed by atoms with Gasteiger partial charge in [-0.25, -0.2) is 26.3 Å². The lowest BCUT2D eigenvalue weighted by atomic mass is 10.0. The average Bonchev–Trinajstić information content (AvgIpc) is 2.93. The molecule has 6 aromatic rings. The second-order valence-corrected chi connectivity index (χ2v) is 12.1. The van der Waals surface area contributed by atoms with Gasteiger partial charge in [0, 0.05) is 32.5 Å². The van der Waals surface area contributed by atoms with Crippen molar-refractivity contribution in [3.8, 4) is 0 Å². The molecule has 45 heavy (non-hydrogen) atoms. The van der Waals surface area contributed by atoms with Crippen LogP contribution in [0.4, 0.5) is 26.3 Å². The van der Waals surface area contributed by atoms with Gasteiger partial charge in [-0.1, -0.05) is 53.0 Å². The molecule has 0 bridgehead atoms. The molecule has 234 valence electrons. The summed E-state index contributed by atoms with van der Waals surface area (Å²) < 4.78 is 81.3. The van der Waals surface area contributed by atoms with E-state index >= 15 is 0 Å². The van der Waals surface area contributed by atoms with E-state index in [-0.39, 0.29) is 27.1 Å². The van der Waals surface area contributed by atoms with Crippen LogP contribution in [0.3, 0.4) is 0 Å². The minimum Gasteiger partial charge on any atom is -0.207 e. The molecule has 0 amide bonds. The molecule has 0 saturated carbocycles. The lowest BCUT2D eigenvalue weighted by Crippen LogP contribution is -1.92. The maximum atomic E-state index is 13.7. The zero-order chi connectivity index (χ0) is 33.5. The first-order valence-electron chi connectivity index (χ1n) is 13.6. The van der Waals surface area contributed by atoms with Crippen LogP contribution in [0.2, 0.25) is 15.1 Å². The lowest BCUT2D eigenvalue weighted by molar-refractivity contribution is 0.577. The maximum absolute atomic E-state index is 13.7. The fourth-order valence-corrected chi connectivity index (χ4v) is 5.81. The van der Waals surface area contributed by atoms with Crippen LogP contribution in [0.5, 0.6) is 0 Å². The molecule has 6 rings (SSSR count). The number of fused-ring (bicyclic) bond motifs is 3. The average molecular weight is 680 g/mol. The third kappa shape index (κ3) is 7.04. The van der Waals surface area contributed by atoms with E-state index in [2.05, 4.69) is 0 Å². The van der Waals surface area contributed by atoms with E-state index in [0.29, 0.717) is 37.0 Å². The van der Waals surface area contributed by atoms with Crippen molar-refractivity contribution < 1.29 is 26.3 Å². The van der Waals surface area contributed by atoms with E-state index in [1.165, 1.54) is 45.0 Å². The van der Waals surface area contributed by atoms with E-state index < -0.39 is 34.9 Å². The Bertz CT molecular complexity index is 1880. The van der Waals surface area contributed by atoms with Crippen molar-refractivity contribution in [2.75, 3.05) is 0 Å². The van der Waals surface area contributed by atoms with E-state index in [9.17, 15) is 26.3 Å². The summed E-state index contributed by atoms with van der Waals surface area (Å²) in [5, 5.41) is 2.91. The van der Waals surface area contributed by atoms with Crippen molar-refractivity contribution in [1.82, 2.24) is 0 Å². The molecule has 6 aromatic carbocycles. The summed E-state index contributed by atoms with van der Waals surface area (Å²) in [5.41, 5.74) is 2.96. The molecule has 0 heterocycles. The van der Waals surface area contributed by atoms with Gasteiger partial charge in [-0.05, 0) is 111 Å². The summed E-state index contributed by atoms with van der Waals surface area (Å²) in [6.45, 7) is 9.83. The van der Waals surface area contributed by atoms with Crippen LogP contribution >= 0.6 is 34.8 Å². The molecule has 0 nitrogen and oxygen atoms in total. The van der Waals surface area contributed by atoms with Crippen LogP contribution in [0, 0.1) is 76.4 Å². The summed E-state index contributed by atoms with van der Waals surface area (Å²) in [6.07, 6.45) is 0. The Morgan fingerprint density at radius 2 is 0.800 bits per heavy atom. The summed E-state index contributed by atoms with van der Waals surface area (Å²) >= 11 is 17.7. The van der Waals surface area contributed by atoms with Gasteiger partial charge in [0.15, 0.2) is 0 Å². The first-order chi connectivity index (χ1) is 21.0. The highest BCUT2D eigenvalue weighted by atomic mass is 35.5. The highest BCUT2D eigenvalue weighted by Crippen LogP contribution is 2.33. The molecule has 0 atom stereocenters. The number of halogens is 9. The predicted octanol–water partition coefficient (Wildman–Crippen LogP) is 13.2. The molecular formula is C36H27Cl3F6. The zero-order valence-electron chi connectivity index (χ0n) is 25.1. The SMILES string of the molecule is Cc1cc(Cl)c2c(F)c(C)c(F)cc2c1.Cc1cc(F)c2c(Cl)c(C)c(F)cc2c1.Cc1cc(F)c2c(F)c(C)c(Cl)cc2c1. The number of hydrogen-bond acceptors (Lipinski definition) is 0. The summed E-state index contributed by atoms with van der Waals surface area (Å²) in [7, 11) is 0. The molecule has 0 aliphatic heterocycles. The topological polar surface area (TPSA) is 0 Å². The van der Waals surface area contributed by atoms with Gasteiger partial charge >= 0.3 is 0 Å². The molecule has 0 spiro atoms. The third-order valence-corrected chi connectivity index (χ3v) is 8.53. The molecule has 9 heteroatoms. The summed E-state index contributed by atoms with van der Waals surface area (Å²) in [6, 6.07) is 13.7. The molecule has 0 aliphatic carbocycles. The Morgan fingerprint density at radius 1 is 0.378 bits per heavy atom. The van der Waals surface area contributed by atoms with E-state index in [4.69, 9.17) is 34.8 Å². The van der Waals surface area contributed by atoms with Crippen molar-refractivity contribution >= 4 is 67.1 Å². The van der Waals surface area contributed by atoms with Gasteiger partial charge in [0.25, 0.3) is 0 Å². The van der Waals surface area contributed by atoms with Crippen LogP contribution < -0.4 is 0 Å². The van der Waals surface area contributed by atoms with E-state index in [0.717, 1.165) is 16.7 Å². The van der Waals surface area contributed by atoms with E-state index in [1.54, 1.807) is 44.2 Å². The van der Waals surface area contributed by atoms with Crippen molar-refractivity contribution in [2.24, 2.45) is 0 Å². The van der Waals surface area contributed by atoms with Gasteiger partial charge < -0.3 is 0 Å². The minimum absolute atomic E-state index is 0.00764. The molecular weight excluding hydrogens is 653 g/mol. The Kier molecular flexibility index (Phi) is 10.3. The highest BCUT2D eigenvalue weighted by Gasteiger charge is 2.15. The Hall–Kier alpha value is -3.45. The molecule has 0 unspecified atom stereocenters. The third-order valence-electron chi connectivity index (χ3n) is 7.36. The first-order valence-corrected chi connectivity index (χ1v) is 14.8. The number of rotatable bonds is 0. The van der Waals surface area contributed by atoms with Crippen LogP contribution in [0.15, 0.2) is 54.6 Å². The fraction of sp³-hybridized carbons (Fsp3) is 0.167. The monoisotopic (exact) mass is 678 g/mol. The van der Waals surface area contributed by atoms with Crippen LogP contribution in [-0.2, 0) is 0 Å². The molecule has 0 aromatic heterocycles. The number of hydrogen-bond donors (Lipinski definition) is 0. The first kappa shape index (κ1) is 34.4. The van der Waals surface area contributed by atoms with Crippen molar-refractivity contribution in [3.05, 3.63) is 138 Å². The normalized spacial score (nSPS) is 11.0.